The molecule has 0 aliphatic rings. The van der Waals surface area contributed by atoms with Crippen molar-refractivity contribution in [2.75, 3.05) is 0 Å². The van der Waals surface area contributed by atoms with Gasteiger partial charge in [0.2, 0.25) is 0 Å². The normalized spacial score (nSPS) is 12.0. The minimum absolute atomic E-state index is 0.902. The van der Waals surface area contributed by atoms with Gasteiger partial charge in [-0.3, -0.25) is 0 Å². The molecule has 0 saturated heterocycles. The van der Waals surface area contributed by atoms with E-state index in [4.69, 9.17) is 4.42 Å². The summed E-state index contributed by atoms with van der Waals surface area (Å²) in [5.74, 6) is 0. The third kappa shape index (κ3) is 4.44. The van der Waals surface area contributed by atoms with Gasteiger partial charge in [0, 0.05) is 37.9 Å². The van der Waals surface area contributed by atoms with Crippen LogP contribution in [-0.2, 0) is 0 Å². The van der Waals surface area contributed by atoms with E-state index in [1.807, 2.05) is 6.07 Å². The van der Waals surface area contributed by atoms with E-state index in [0.29, 0.717) is 0 Å². The smallest absolute Gasteiger partial charge is 0.159 e. The first-order chi connectivity index (χ1) is 27.3. The van der Waals surface area contributed by atoms with E-state index in [0.717, 1.165) is 38.7 Å². The van der Waals surface area contributed by atoms with Crippen LogP contribution in [-0.4, -0.2) is 9.13 Å². The average molecular weight is 701 g/mol. The maximum absolute atomic E-state index is 6.54. The van der Waals surface area contributed by atoms with Gasteiger partial charge in [0.25, 0.3) is 0 Å². The SMILES string of the molecule is c1ccc(-c2ccccc2-n2c3ccc(-c4ccc5c(c4)c4ccccc4n5-c4cccc5c4oc4ccccc45)cc3c3cc4ccccc4cc32)cc1. The van der Waals surface area contributed by atoms with E-state index in [9.17, 15) is 0 Å². The number of para-hydroxylation sites is 4. The Kier molecular flexibility index (Phi) is 6.34. The molecule has 0 amide bonds. The van der Waals surface area contributed by atoms with Crippen LogP contribution < -0.4 is 0 Å². The first-order valence-corrected chi connectivity index (χ1v) is 18.8. The van der Waals surface area contributed by atoms with E-state index in [1.165, 1.54) is 71.3 Å². The Morgan fingerprint density at radius 3 is 1.69 bits per heavy atom. The maximum Gasteiger partial charge on any atom is 0.159 e. The number of hydrogen-bond donors (Lipinski definition) is 0. The first kappa shape index (κ1) is 30.1. The molecule has 0 spiro atoms. The van der Waals surface area contributed by atoms with Crippen LogP contribution in [0.25, 0.3) is 110 Å². The molecule has 3 heterocycles. The summed E-state index contributed by atoms with van der Waals surface area (Å²) < 4.78 is 11.4. The molecule has 0 aliphatic carbocycles. The molecule has 3 nitrogen and oxygen atoms in total. The minimum atomic E-state index is 0.902. The number of nitrogens with zero attached hydrogens (tertiary/aromatic N) is 2. The summed E-state index contributed by atoms with van der Waals surface area (Å²) in [6, 6.07) is 70.3. The fourth-order valence-corrected chi connectivity index (χ4v) is 9.00. The minimum Gasteiger partial charge on any atom is -0.454 e. The van der Waals surface area contributed by atoms with Crippen LogP contribution in [0.3, 0.4) is 0 Å². The van der Waals surface area contributed by atoms with Crippen molar-refractivity contribution in [1.29, 1.82) is 0 Å². The van der Waals surface area contributed by atoms with Crippen LogP contribution in [0.5, 0.6) is 0 Å². The van der Waals surface area contributed by atoms with Gasteiger partial charge in [-0.05, 0) is 88.1 Å². The molecule has 55 heavy (non-hydrogen) atoms. The van der Waals surface area contributed by atoms with Crippen molar-refractivity contribution >= 4 is 76.3 Å². The molecule has 9 aromatic carbocycles. The van der Waals surface area contributed by atoms with Crippen LogP contribution in [0.4, 0.5) is 0 Å². The molecular formula is C52H32N2O. The summed E-state index contributed by atoms with van der Waals surface area (Å²) in [6.07, 6.45) is 0. The fourth-order valence-electron chi connectivity index (χ4n) is 9.00. The lowest BCUT2D eigenvalue weighted by Gasteiger charge is -2.14. The van der Waals surface area contributed by atoms with Gasteiger partial charge < -0.3 is 13.6 Å². The zero-order chi connectivity index (χ0) is 36.0. The van der Waals surface area contributed by atoms with Crippen molar-refractivity contribution < 1.29 is 4.42 Å². The second-order valence-electron chi connectivity index (χ2n) is 14.5. The Hall–Kier alpha value is -7.36. The molecule has 0 unspecified atom stereocenters. The predicted molar refractivity (Wildman–Crippen MR) is 231 cm³/mol. The standard InChI is InChI=1S/C52H32N2O/c1-2-13-33(14-3-1)38-17-6-9-21-45(38)54-48-28-26-37(31-43(48)44-29-34-15-4-5-16-35(34)32-50(44)54)36-25-27-47-42(30-36)39-18-7-10-22-46(39)53(47)49-23-12-20-41-40-19-8-11-24-51(40)55-52(41)49/h1-32H. The van der Waals surface area contributed by atoms with Gasteiger partial charge in [0.05, 0.1) is 33.4 Å². The lowest BCUT2D eigenvalue weighted by molar-refractivity contribution is 0.666. The Balaban J connectivity index is 1.09. The van der Waals surface area contributed by atoms with Crippen molar-refractivity contribution in [3.63, 3.8) is 0 Å². The lowest BCUT2D eigenvalue weighted by atomic mass is 10.00. The van der Waals surface area contributed by atoms with Gasteiger partial charge in [-0.25, -0.2) is 0 Å². The number of benzene rings is 9. The molecule has 0 N–H and O–H groups in total. The molecule has 0 atom stereocenters. The van der Waals surface area contributed by atoms with E-state index >= 15 is 0 Å². The largest absolute Gasteiger partial charge is 0.454 e. The molecule has 0 saturated carbocycles. The third-order valence-electron chi connectivity index (χ3n) is 11.5. The highest BCUT2D eigenvalue weighted by Gasteiger charge is 2.20. The Morgan fingerprint density at radius 1 is 0.309 bits per heavy atom. The molecule has 12 rings (SSSR count). The molecule has 0 fully saturated rings. The van der Waals surface area contributed by atoms with E-state index in [1.54, 1.807) is 0 Å². The molecule has 12 aromatic rings. The number of hydrogen-bond acceptors (Lipinski definition) is 1. The van der Waals surface area contributed by atoms with Crippen LogP contribution in [0.2, 0.25) is 0 Å². The zero-order valence-corrected chi connectivity index (χ0v) is 29.8. The summed E-state index contributed by atoms with van der Waals surface area (Å²) in [5.41, 5.74) is 13.5. The van der Waals surface area contributed by atoms with E-state index in [2.05, 4.69) is 197 Å². The van der Waals surface area contributed by atoms with Crippen LogP contribution in [0.15, 0.2) is 199 Å². The van der Waals surface area contributed by atoms with Gasteiger partial charge in [-0.2, -0.15) is 0 Å². The number of rotatable bonds is 4. The highest BCUT2D eigenvalue weighted by molar-refractivity contribution is 6.16. The Morgan fingerprint density at radius 2 is 0.873 bits per heavy atom. The van der Waals surface area contributed by atoms with E-state index in [-0.39, 0.29) is 0 Å². The van der Waals surface area contributed by atoms with Gasteiger partial charge in [0.15, 0.2) is 5.58 Å². The Labute approximate surface area is 316 Å². The maximum atomic E-state index is 6.54. The molecule has 0 radical (unpaired) electrons. The first-order valence-electron chi connectivity index (χ1n) is 18.8. The molecule has 0 bridgehead atoms. The highest BCUT2D eigenvalue weighted by Crippen LogP contribution is 2.42. The fraction of sp³-hybridized carbons (Fsp3) is 0. The lowest BCUT2D eigenvalue weighted by Crippen LogP contribution is -1.97. The summed E-state index contributed by atoms with van der Waals surface area (Å²) in [7, 11) is 0. The predicted octanol–water partition coefficient (Wildman–Crippen LogP) is 14.3. The van der Waals surface area contributed by atoms with Crippen molar-refractivity contribution in [1.82, 2.24) is 9.13 Å². The molecule has 3 heteroatoms. The van der Waals surface area contributed by atoms with Crippen molar-refractivity contribution in [3.05, 3.63) is 194 Å². The number of furan rings is 1. The summed E-state index contributed by atoms with van der Waals surface area (Å²) in [6.45, 7) is 0. The molecule has 0 aliphatic heterocycles. The monoisotopic (exact) mass is 700 g/mol. The van der Waals surface area contributed by atoms with Gasteiger partial charge in [-0.15, -0.1) is 0 Å². The van der Waals surface area contributed by atoms with Crippen molar-refractivity contribution in [2.24, 2.45) is 0 Å². The van der Waals surface area contributed by atoms with Crippen LogP contribution in [0.1, 0.15) is 0 Å². The van der Waals surface area contributed by atoms with Gasteiger partial charge in [-0.1, -0.05) is 133 Å². The Bertz CT molecular complexity index is 3490. The van der Waals surface area contributed by atoms with Crippen molar-refractivity contribution in [2.45, 2.75) is 0 Å². The quantitative estimate of drug-likeness (QED) is 0.179. The van der Waals surface area contributed by atoms with Crippen LogP contribution >= 0.6 is 0 Å². The van der Waals surface area contributed by atoms with Crippen molar-refractivity contribution in [3.8, 4) is 33.6 Å². The highest BCUT2D eigenvalue weighted by atomic mass is 16.3. The number of fused-ring (bicyclic) bond motifs is 10. The average Bonchev–Trinajstić information content (AvgIpc) is 3.90. The topological polar surface area (TPSA) is 23.0 Å². The van der Waals surface area contributed by atoms with Gasteiger partial charge in [0.1, 0.15) is 5.58 Å². The summed E-state index contributed by atoms with van der Waals surface area (Å²) >= 11 is 0. The zero-order valence-electron chi connectivity index (χ0n) is 29.8. The second kappa shape index (κ2) is 11.6. The number of aromatic nitrogens is 2. The third-order valence-corrected chi connectivity index (χ3v) is 11.5. The molecular weight excluding hydrogens is 669 g/mol. The molecule has 3 aromatic heterocycles. The summed E-state index contributed by atoms with van der Waals surface area (Å²) in [4.78, 5) is 0. The van der Waals surface area contributed by atoms with Crippen LogP contribution in [0, 0.1) is 0 Å². The summed E-state index contributed by atoms with van der Waals surface area (Å²) in [5, 5.41) is 9.65. The second-order valence-corrected chi connectivity index (χ2v) is 14.5. The van der Waals surface area contributed by atoms with E-state index < -0.39 is 0 Å². The molecule has 256 valence electrons. The van der Waals surface area contributed by atoms with Gasteiger partial charge >= 0.3 is 0 Å².